The maximum atomic E-state index is 6.07. The normalized spacial score (nSPS) is 20.3. The molecular formula is C12H18N2. The van der Waals surface area contributed by atoms with E-state index in [-0.39, 0.29) is 6.04 Å². The van der Waals surface area contributed by atoms with Crippen LogP contribution in [0.1, 0.15) is 25.5 Å². The molecule has 0 spiro atoms. The summed E-state index contributed by atoms with van der Waals surface area (Å²) >= 11 is 0. The second kappa shape index (κ2) is 3.62. The maximum Gasteiger partial charge on any atom is 0.0493 e. The molecule has 0 aromatic heterocycles. The van der Waals surface area contributed by atoms with E-state index in [9.17, 15) is 0 Å². The van der Waals surface area contributed by atoms with Gasteiger partial charge in [-0.15, -0.1) is 0 Å². The minimum Gasteiger partial charge on any atom is -0.369 e. The highest BCUT2D eigenvalue weighted by Crippen LogP contribution is 2.33. The van der Waals surface area contributed by atoms with Crippen LogP contribution in [0.4, 0.5) is 5.69 Å². The Kier molecular flexibility index (Phi) is 2.46. The van der Waals surface area contributed by atoms with Crippen molar-refractivity contribution in [1.29, 1.82) is 0 Å². The van der Waals surface area contributed by atoms with Crippen LogP contribution in [0, 0.1) is 5.92 Å². The highest BCUT2D eigenvalue weighted by molar-refractivity contribution is 5.59. The van der Waals surface area contributed by atoms with E-state index in [1.54, 1.807) is 0 Å². The van der Waals surface area contributed by atoms with Crippen LogP contribution in [0.25, 0.3) is 0 Å². The molecule has 1 aromatic rings. The number of rotatable bonds is 2. The van der Waals surface area contributed by atoms with E-state index in [0.29, 0.717) is 5.92 Å². The Morgan fingerprint density at radius 3 is 2.86 bits per heavy atom. The molecular weight excluding hydrogens is 172 g/mol. The van der Waals surface area contributed by atoms with Gasteiger partial charge in [-0.1, -0.05) is 32.0 Å². The molecule has 0 amide bonds. The van der Waals surface area contributed by atoms with Crippen molar-refractivity contribution < 1.29 is 0 Å². The smallest absolute Gasteiger partial charge is 0.0493 e. The molecule has 1 aliphatic rings. The number of anilines is 1. The maximum absolute atomic E-state index is 6.07. The van der Waals surface area contributed by atoms with Crippen molar-refractivity contribution in [2.45, 2.75) is 19.9 Å². The first kappa shape index (κ1) is 9.53. The first-order valence-electron chi connectivity index (χ1n) is 5.28. The lowest BCUT2D eigenvalue weighted by Gasteiger charge is -2.21. The summed E-state index contributed by atoms with van der Waals surface area (Å²) < 4.78 is 0. The lowest BCUT2D eigenvalue weighted by atomic mass is 10.1. The molecule has 0 unspecified atom stereocenters. The second-order valence-electron chi connectivity index (χ2n) is 4.46. The molecule has 0 saturated heterocycles. The van der Waals surface area contributed by atoms with Crippen molar-refractivity contribution in [3.63, 3.8) is 0 Å². The van der Waals surface area contributed by atoms with Gasteiger partial charge in [-0.2, -0.15) is 0 Å². The third-order valence-corrected chi connectivity index (χ3v) is 2.68. The third kappa shape index (κ3) is 1.62. The Morgan fingerprint density at radius 1 is 1.43 bits per heavy atom. The van der Waals surface area contributed by atoms with Gasteiger partial charge < -0.3 is 10.6 Å². The number of hydrogen-bond donors (Lipinski definition) is 1. The highest BCUT2D eigenvalue weighted by atomic mass is 15.2. The first-order chi connectivity index (χ1) is 6.68. The molecule has 76 valence electrons. The zero-order valence-electron chi connectivity index (χ0n) is 8.90. The van der Waals surface area contributed by atoms with Gasteiger partial charge in [0, 0.05) is 24.8 Å². The largest absolute Gasteiger partial charge is 0.369 e. The van der Waals surface area contributed by atoms with E-state index in [1.807, 2.05) is 0 Å². The lowest BCUT2D eigenvalue weighted by molar-refractivity contribution is 0.603. The summed E-state index contributed by atoms with van der Waals surface area (Å²) in [6, 6.07) is 8.66. The lowest BCUT2D eigenvalue weighted by Crippen LogP contribution is -2.28. The Hall–Kier alpha value is -1.02. The van der Waals surface area contributed by atoms with Gasteiger partial charge in [0.1, 0.15) is 0 Å². The van der Waals surface area contributed by atoms with Crippen LogP contribution >= 0.6 is 0 Å². The predicted octanol–water partition coefficient (Wildman–Crippen LogP) is 2.16. The first-order valence-corrected chi connectivity index (χ1v) is 5.28. The van der Waals surface area contributed by atoms with E-state index in [2.05, 4.69) is 43.0 Å². The summed E-state index contributed by atoms with van der Waals surface area (Å²) in [4.78, 5) is 2.39. The van der Waals surface area contributed by atoms with Gasteiger partial charge in [0.25, 0.3) is 0 Å². The summed E-state index contributed by atoms with van der Waals surface area (Å²) in [6.07, 6.45) is 0. The van der Waals surface area contributed by atoms with E-state index >= 15 is 0 Å². The van der Waals surface area contributed by atoms with E-state index < -0.39 is 0 Å². The van der Waals surface area contributed by atoms with Gasteiger partial charge in [0.2, 0.25) is 0 Å². The second-order valence-corrected chi connectivity index (χ2v) is 4.46. The SMILES string of the molecule is CC(C)CN1C[C@H](N)c2ccccc21. The van der Waals surface area contributed by atoms with Crippen molar-refractivity contribution in [2.24, 2.45) is 11.7 Å². The van der Waals surface area contributed by atoms with E-state index in [1.165, 1.54) is 11.3 Å². The number of nitrogens with zero attached hydrogens (tertiary/aromatic N) is 1. The average Bonchev–Trinajstić information content (AvgIpc) is 2.44. The van der Waals surface area contributed by atoms with Crippen molar-refractivity contribution in [3.05, 3.63) is 29.8 Å². The van der Waals surface area contributed by atoms with Crippen molar-refractivity contribution in [1.82, 2.24) is 0 Å². The molecule has 2 rings (SSSR count). The quantitative estimate of drug-likeness (QED) is 0.774. The molecule has 0 aliphatic carbocycles. The number of fused-ring (bicyclic) bond motifs is 1. The zero-order valence-corrected chi connectivity index (χ0v) is 8.90. The van der Waals surface area contributed by atoms with Crippen LogP contribution < -0.4 is 10.6 Å². The van der Waals surface area contributed by atoms with Crippen LogP contribution in [0.5, 0.6) is 0 Å². The molecule has 14 heavy (non-hydrogen) atoms. The number of para-hydroxylation sites is 1. The Balaban J connectivity index is 2.25. The Bertz CT molecular complexity index is 318. The summed E-state index contributed by atoms with van der Waals surface area (Å²) in [6.45, 7) is 6.56. The molecule has 2 nitrogen and oxygen atoms in total. The highest BCUT2D eigenvalue weighted by Gasteiger charge is 2.25. The van der Waals surface area contributed by atoms with Crippen LogP contribution in [-0.4, -0.2) is 13.1 Å². The molecule has 2 N–H and O–H groups in total. The Labute approximate surface area is 85.7 Å². The molecule has 1 aromatic carbocycles. The molecule has 1 heterocycles. The molecule has 0 bridgehead atoms. The van der Waals surface area contributed by atoms with Crippen LogP contribution in [0.2, 0.25) is 0 Å². The minimum absolute atomic E-state index is 0.199. The number of nitrogens with two attached hydrogens (primary N) is 1. The van der Waals surface area contributed by atoms with Crippen LogP contribution in [0.15, 0.2) is 24.3 Å². The Morgan fingerprint density at radius 2 is 2.14 bits per heavy atom. The standard InChI is InChI=1S/C12H18N2/c1-9(2)7-14-8-11(13)10-5-3-4-6-12(10)14/h3-6,9,11H,7-8,13H2,1-2H3/t11-/m0/s1. The van der Waals surface area contributed by atoms with Crippen molar-refractivity contribution in [3.8, 4) is 0 Å². The van der Waals surface area contributed by atoms with E-state index in [4.69, 9.17) is 5.73 Å². The van der Waals surface area contributed by atoms with Gasteiger partial charge in [0.15, 0.2) is 0 Å². The zero-order chi connectivity index (χ0) is 10.1. The average molecular weight is 190 g/mol. The molecule has 0 radical (unpaired) electrons. The van der Waals surface area contributed by atoms with E-state index in [0.717, 1.165) is 13.1 Å². The molecule has 2 heteroatoms. The van der Waals surface area contributed by atoms with Crippen molar-refractivity contribution >= 4 is 5.69 Å². The fraction of sp³-hybridized carbons (Fsp3) is 0.500. The molecule has 1 atom stereocenters. The van der Waals surface area contributed by atoms with Crippen LogP contribution in [0.3, 0.4) is 0 Å². The topological polar surface area (TPSA) is 29.3 Å². The fourth-order valence-electron chi connectivity index (χ4n) is 2.14. The molecule has 0 saturated carbocycles. The summed E-state index contributed by atoms with van der Waals surface area (Å²) in [5.74, 6) is 0.688. The fourth-order valence-corrected chi connectivity index (χ4v) is 2.14. The predicted molar refractivity (Wildman–Crippen MR) is 60.4 cm³/mol. The molecule has 0 fully saturated rings. The number of benzene rings is 1. The summed E-state index contributed by atoms with van der Waals surface area (Å²) in [5.41, 5.74) is 8.70. The minimum atomic E-state index is 0.199. The van der Waals surface area contributed by atoms with Gasteiger partial charge >= 0.3 is 0 Å². The van der Waals surface area contributed by atoms with Gasteiger partial charge in [0.05, 0.1) is 0 Å². The third-order valence-electron chi connectivity index (χ3n) is 2.68. The summed E-state index contributed by atoms with van der Waals surface area (Å²) in [5, 5.41) is 0. The van der Waals surface area contributed by atoms with Gasteiger partial charge in [-0.05, 0) is 17.5 Å². The van der Waals surface area contributed by atoms with Gasteiger partial charge in [-0.3, -0.25) is 0 Å². The number of hydrogen-bond acceptors (Lipinski definition) is 2. The molecule has 1 aliphatic heterocycles. The van der Waals surface area contributed by atoms with Gasteiger partial charge in [-0.25, -0.2) is 0 Å². The monoisotopic (exact) mass is 190 g/mol. The summed E-state index contributed by atoms with van der Waals surface area (Å²) in [7, 11) is 0. The van der Waals surface area contributed by atoms with Crippen LogP contribution in [-0.2, 0) is 0 Å². The van der Waals surface area contributed by atoms with Crippen molar-refractivity contribution in [2.75, 3.05) is 18.0 Å².